The highest BCUT2D eigenvalue weighted by Gasteiger charge is 2.25. The summed E-state index contributed by atoms with van der Waals surface area (Å²) in [7, 11) is -3.45. The zero-order chi connectivity index (χ0) is 22.3. The summed E-state index contributed by atoms with van der Waals surface area (Å²) in [6.07, 6.45) is 9.04. The molecule has 1 saturated heterocycles. The molecular weight excluding hydrogens is 416 g/mol. The first kappa shape index (κ1) is 23.5. The van der Waals surface area contributed by atoms with E-state index in [2.05, 4.69) is 10.0 Å². The second kappa shape index (κ2) is 10.9. The lowest BCUT2D eigenvalue weighted by Gasteiger charge is -2.19. The SMILES string of the molecule is C[C@@H](NS(=O)(=O)CC/C=C/CC1CCC(=O)NC1=O)c1cccc(OCCC2CC2)c1. The number of sulfonamides is 1. The molecule has 8 heteroatoms. The highest BCUT2D eigenvalue weighted by molar-refractivity contribution is 7.89. The molecule has 1 unspecified atom stereocenters. The number of imide groups is 1. The van der Waals surface area contributed by atoms with Crippen molar-refractivity contribution in [1.29, 1.82) is 0 Å². The molecule has 3 rings (SSSR count). The van der Waals surface area contributed by atoms with Gasteiger partial charge in [-0.25, -0.2) is 13.1 Å². The van der Waals surface area contributed by atoms with Crippen molar-refractivity contribution in [1.82, 2.24) is 10.0 Å². The Bertz CT molecular complexity index is 908. The largest absolute Gasteiger partial charge is 0.494 e. The van der Waals surface area contributed by atoms with Crippen LogP contribution < -0.4 is 14.8 Å². The van der Waals surface area contributed by atoms with Crippen molar-refractivity contribution in [3.05, 3.63) is 42.0 Å². The molecule has 1 aliphatic heterocycles. The normalized spacial score (nSPS) is 20.6. The van der Waals surface area contributed by atoms with Crippen LogP contribution in [0.3, 0.4) is 0 Å². The number of hydrogen-bond acceptors (Lipinski definition) is 5. The van der Waals surface area contributed by atoms with Crippen LogP contribution in [0.15, 0.2) is 36.4 Å². The first-order valence-electron chi connectivity index (χ1n) is 11.0. The van der Waals surface area contributed by atoms with Crippen LogP contribution in [-0.2, 0) is 19.6 Å². The van der Waals surface area contributed by atoms with E-state index >= 15 is 0 Å². The fourth-order valence-corrected chi connectivity index (χ4v) is 4.82. The lowest BCUT2D eigenvalue weighted by molar-refractivity contribution is -0.136. The second-order valence-electron chi connectivity index (χ2n) is 8.46. The first-order chi connectivity index (χ1) is 14.8. The quantitative estimate of drug-likeness (QED) is 0.378. The van der Waals surface area contributed by atoms with Crippen LogP contribution in [0.1, 0.15) is 63.5 Å². The minimum absolute atomic E-state index is 0.0270. The third-order valence-electron chi connectivity index (χ3n) is 5.70. The van der Waals surface area contributed by atoms with Crippen molar-refractivity contribution < 1.29 is 22.7 Å². The second-order valence-corrected chi connectivity index (χ2v) is 10.3. The Morgan fingerprint density at radius 1 is 1.23 bits per heavy atom. The van der Waals surface area contributed by atoms with Crippen molar-refractivity contribution in [2.24, 2.45) is 11.8 Å². The number of allylic oxidation sites excluding steroid dienone is 2. The van der Waals surface area contributed by atoms with E-state index in [4.69, 9.17) is 4.74 Å². The van der Waals surface area contributed by atoms with Gasteiger partial charge >= 0.3 is 0 Å². The van der Waals surface area contributed by atoms with E-state index in [1.807, 2.05) is 37.3 Å². The molecule has 0 radical (unpaired) electrons. The Kier molecular flexibility index (Phi) is 8.26. The van der Waals surface area contributed by atoms with Crippen molar-refractivity contribution >= 4 is 21.8 Å². The van der Waals surface area contributed by atoms with E-state index in [0.717, 1.165) is 23.7 Å². The molecule has 1 aromatic rings. The summed E-state index contributed by atoms with van der Waals surface area (Å²) >= 11 is 0. The predicted octanol–water partition coefficient (Wildman–Crippen LogP) is 3.24. The van der Waals surface area contributed by atoms with Gasteiger partial charge in [0.2, 0.25) is 21.8 Å². The van der Waals surface area contributed by atoms with Gasteiger partial charge in [0.25, 0.3) is 0 Å². The zero-order valence-electron chi connectivity index (χ0n) is 18.0. The monoisotopic (exact) mass is 448 g/mol. The van der Waals surface area contributed by atoms with E-state index < -0.39 is 10.0 Å². The summed E-state index contributed by atoms with van der Waals surface area (Å²) < 4.78 is 33.4. The molecule has 1 aliphatic carbocycles. The van der Waals surface area contributed by atoms with Gasteiger partial charge < -0.3 is 4.74 Å². The fourth-order valence-electron chi connectivity index (χ4n) is 3.58. The Morgan fingerprint density at radius 3 is 2.77 bits per heavy atom. The van der Waals surface area contributed by atoms with Gasteiger partial charge in [-0.15, -0.1) is 0 Å². The zero-order valence-corrected chi connectivity index (χ0v) is 18.8. The molecule has 170 valence electrons. The van der Waals surface area contributed by atoms with E-state index in [1.54, 1.807) is 6.08 Å². The van der Waals surface area contributed by atoms with E-state index in [0.29, 0.717) is 32.3 Å². The standard InChI is InChI=1S/C23H32N2O5S/c1-17(20-7-5-8-21(16-20)30-14-13-18-9-10-18)25-31(28,29)15-4-2-3-6-19-11-12-22(26)24-23(19)27/h2-3,5,7-8,16-19,25H,4,6,9-15H2,1H3,(H,24,26,27)/b3-2+/t17-,19?/m1/s1. The van der Waals surface area contributed by atoms with Crippen LogP contribution in [0.25, 0.3) is 0 Å². The van der Waals surface area contributed by atoms with Crippen molar-refractivity contribution in [3.63, 3.8) is 0 Å². The number of ether oxygens (including phenoxy) is 1. The summed E-state index contributed by atoms with van der Waals surface area (Å²) in [6.45, 7) is 2.51. The van der Waals surface area contributed by atoms with Gasteiger partial charge in [0, 0.05) is 18.4 Å². The number of rotatable bonds is 12. The van der Waals surface area contributed by atoms with Gasteiger partial charge in [-0.1, -0.05) is 37.1 Å². The topological polar surface area (TPSA) is 102 Å². The molecule has 1 aromatic carbocycles. The van der Waals surface area contributed by atoms with Crippen molar-refractivity contribution in [2.45, 2.75) is 57.9 Å². The number of nitrogens with one attached hydrogen (secondary N) is 2. The number of benzene rings is 1. The molecule has 2 amide bonds. The Morgan fingerprint density at radius 2 is 2.03 bits per heavy atom. The van der Waals surface area contributed by atoms with Crippen LogP contribution in [0.2, 0.25) is 0 Å². The summed E-state index contributed by atoms with van der Waals surface area (Å²) in [5.74, 6) is 0.852. The number of amides is 2. The molecule has 2 aliphatic rings. The van der Waals surface area contributed by atoms with Gasteiger partial charge in [0.15, 0.2) is 0 Å². The Labute approximate surface area is 184 Å². The molecule has 31 heavy (non-hydrogen) atoms. The van der Waals surface area contributed by atoms with Crippen LogP contribution in [-0.4, -0.2) is 32.6 Å². The van der Waals surface area contributed by atoms with Crippen LogP contribution in [0, 0.1) is 11.8 Å². The number of carbonyl (C=O) groups excluding carboxylic acids is 2. The average Bonchev–Trinajstić information content (AvgIpc) is 3.53. The number of hydrogen-bond donors (Lipinski definition) is 2. The molecular formula is C23H32N2O5S. The third-order valence-corrected chi connectivity index (χ3v) is 7.19. The highest BCUT2D eigenvalue weighted by atomic mass is 32.2. The van der Waals surface area contributed by atoms with Crippen LogP contribution in [0.4, 0.5) is 0 Å². The Hall–Kier alpha value is -2.19. The maximum atomic E-state index is 12.4. The van der Waals surface area contributed by atoms with Gasteiger partial charge in [-0.2, -0.15) is 0 Å². The highest BCUT2D eigenvalue weighted by Crippen LogP contribution is 2.32. The van der Waals surface area contributed by atoms with Gasteiger partial charge in [0.05, 0.1) is 12.4 Å². The maximum Gasteiger partial charge on any atom is 0.229 e. The smallest absolute Gasteiger partial charge is 0.229 e. The van der Waals surface area contributed by atoms with Crippen molar-refractivity contribution in [3.8, 4) is 5.75 Å². The minimum Gasteiger partial charge on any atom is -0.494 e. The van der Waals surface area contributed by atoms with Gasteiger partial charge in [0.1, 0.15) is 5.75 Å². The van der Waals surface area contributed by atoms with Gasteiger partial charge in [-0.05, 0) is 56.2 Å². The van der Waals surface area contributed by atoms with E-state index in [-0.39, 0.29) is 29.5 Å². The molecule has 7 nitrogen and oxygen atoms in total. The molecule has 2 fully saturated rings. The molecule has 0 bridgehead atoms. The lowest BCUT2D eigenvalue weighted by Crippen LogP contribution is -2.40. The minimum atomic E-state index is -3.45. The molecule has 0 spiro atoms. The van der Waals surface area contributed by atoms with Crippen molar-refractivity contribution in [2.75, 3.05) is 12.4 Å². The lowest BCUT2D eigenvalue weighted by atomic mass is 9.95. The summed E-state index contributed by atoms with van der Waals surface area (Å²) in [5.41, 5.74) is 0.862. The summed E-state index contributed by atoms with van der Waals surface area (Å²) in [4.78, 5) is 22.9. The predicted molar refractivity (Wildman–Crippen MR) is 119 cm³/mol. The summed E-state index contributed by atoms with van der Waals surface area (Å²) in [5, 5.41) is 2.33. The van der Waals surface area contributed by atoms with Crippen LogP contribution in [0.5, 0.6) is 5.75 Å². The Balaban J connectivity index is 1.41. The average molecular weight is 449 g/mol. The first-order valence-corrected chi connectivity index (χ1v) is 12.7. The molecule has 2 N–H and O–H groups in total. The molecule has 2 atom stereocenters. The third kappa shape index (κ3) is 8.10. The maximum absolute atomic E-state index is 12.4. The number of carbonyl (C=O) groups is 2. The molecule has 1 heterocycles. The number of piperidine rings is 1. The fraction of sp³-hybridized carbons (Fsp3) is 0.565. The van der Waals surface area contributed by atoms with E-state index in [1.165, 1.54) is 12.8 Å². The van der Waals surface area contributed by atoms with E-state index in [9.17, 15) is 18.0 Å². The molecule has 1 saturated carbocycles. The summed E-state index contributed by atoms with van der Waals surface area (Å²) in [6, 6.07) is 7.19. The molecule has 0 aromatic heterocycles. The van der Waals surface area contributed by atoms with Crippen LogP contribution >= 0.6 is 0 Å². The van der Waals surface area contributed by atoms with Gasteiger partial charge in [-0.3, -0.25) is 14.9 Å².